The molecule has 3 rings (SSSR count). The van der Waals surface area contributed by atoms with Crippen LogP contribution < -0.4 is 10.6 Å². The van der Waals surface area contributed by atoms with Crippen LogP contribution in [-0.2, 0) is 4.74 Å². The number of benzene rings is 1. The van der Waals surface area contributed by atoms with Crippen LogP contribution in [0.5, 0.6) is 0 Å². The lowest BCUT2D eigenvalue weighted by Gasteiger charge is -2.41. The molecule has 1 fully saturated rings. The fourth-order valence-corrected chi connectivity index (χ4v) is 2.60. The Morgan fingerprint density at radius 2 is 2.30 bits per heavy atom. The quantitative estimate of drug-likeness (QED) is 0.807. The SMILES string of the molecule is CC1(C)CN(c2nc3ccc(N)cc3o2)CC(CO)O1. The van der Waals surface area contributed by atoms with Crippen LogP contribution in [0.2, 0.25) is 0 Å². The summed E-state index contributed by atoms with van der Waals surface area (Å²) in [4.78, 5) is 6.48. The summed E-state index contributed by atoms with van der Waals surface area (Å²) in [7, 11) is 0. The normalized spacial score (nSPS) is 22.4. The van der Waals surface area contributed by atoms with Crippen molar-refractivity contribution in [2.24, 2.45) is 0 Å². The summed E-state index contributed by atoms with van der Waals surface area (Å²) in [6.07, 6.45) is -0.237. The van der Waals surface area contributed by atoms with E-state index in [-0.39, 0.29) is 18.3 Å². The molecule has 0 spiro atoms. The van der Waals surface area contributed by atoms with Crippen LogP contribution in [0.4, 0.5) is 11.7 Å². The maximum atomic E-state index is 9.34. The largest absolute Gasteiger partial charge is 0.423 e. The van der Waals surface area contributed by atoms with Crippen LogP contribution in [0, 0.1) is 0 Å². The van der Waals surface area contributed by atoms with Crippen molar-refractivity contribution >= 4 is 22.8 Å². The number of rotatable bonds is 2. The van der Waals surface area contributed by atoms with Gasteiger partial charge in [-0.05, 0) is 26.0 Å². The van der Waals surface area contributed by atoms with Gasteiger partial charge >= 0.3 is 0 Å². The van der Waals surface area contributed by atoms with E-state index < -0.39 is 0 Å². The lowest BCUT2D eigenvalue weighted by atomic mass is 10.1. The molecule has 2 heterocycles. The number of oxazole rings is 1. The Morgan fingerprint density at radius 1 is 1.50 bits per heavy atom. The van der Waals surface area contributed by atoms with Gasteiger partial charge in [-0.25, -0.2) is 0 Å². The van der Waals surface area contributed by atoms with Crippen molar-refractivity contribution in [3.8, 4) is 0 Å². The van der Waals surface area contributed by atoms with E-state index in [4.69, 9.17) is 14.9 Å². The van der Waals surface area contributed by atoms with Crippen LogP contribution in [0.3, 0.4) is 0 Å². The van der Waals surface area contributed by atoms with E-state index in [1.54, 1.807) is 12.1 Å². The summed E-state index contributed by atoms with van der Waals surface area (Å²) in [5.41, 5.74) is 7.48. The standard InChI is InChI=1S/C14H19N3O3/c1-14(2)8-17(6-10(7-18)20-14)13-16-11-4-3-9(15)5-12(11)19-13/h3-5,10,18H,6-8,15H2,1-2H3. The minimum atomic E-state index is -0.356. The molecule has 1 unspecified atom stereocenters. The van der Waals surface area contributed by atoms with Crippen LogP contribution in [0.1, 0.15) is 13.8 Å². The third kappa shape index (κ3) is 2.44. The summed E-state index contributed by atoms with van der Waals surface area (Å²) in [6, 6.07) is 5.95. The number of nitrogens with zero attached hydrogens (tertiary/aromatic N) is 2. The van der Waals surface area contributed by atoms with Crippen molar-refractivity contribution < 1.29 is 14.3 Å². The summed E-state index contributed by atoms with van der Waals surface area (Å²) in [5.74, 6) is 0. The number of nitrogen functional groups attached to an aromatic ring is 1. The minimum Gasteiger partial charge on any atom is -0.423 e. The number of fused-ring (bicyclic) bond motifs is 1. The molecule has 108 valence electrons. The number of hydrogen-bond acceptors (Lipinski definition) is 6. The predicted molar refractivity (Wildman–Crippen MR) is 76.7 cm³/mol. The molecule has 20 heavy (non-hydrogen) atoms. The molecule has 6 nitrogen and oxygen atoms in total. The van der Waals surface area contributed by atoms with Crippen molar-refractivity contribution in [3.63, 3.8) is 0 Å². The van der Waals surface area contributed by atoms with Gasteiger partial charge in [0.15, 0.2) is 5.58 Å². The Bertz CT molecular complexity index is 623. The molecular formula is C14H19N3O3. The maximum absolute atomic E-state index is 9.34. The first-order valence-electron chi connectivity index (χ1n) is 6.66. The topological polar surface area (TPSA) is 84.8 Å². The average molecular weight is 277 g/mol. The summed E-state index contributed by atoms with van der Waals surface area (Å²) < 4.78 is 11.6. The molecule has 1 aromatic carbocycles. The molecule has 1 aromatic heterocycles. The lowest BCUT2D eigenvalue weighted by molar-refractivity contribution is -0.101. The van der Waals surface area contributed by atoms with E-state index >= 15 is 0 Å². The number of hydrogen-bond donors (Lipinski definition) is 2. The number of morpholine rings is 1. The van der Waals surface area contributed by atoms with Crippen LogP contribution >= 0.6 is 0 Å². The predicted octanol–water partition coefficient (Wildman–Crippen LogP) is 1.39. The molecule has 0 aliphatic carbocycles. The van der Waals surface area contributed by atoms with Crippen LogP contribution in [0.25, 0.3) is 11.1 Å². The smallest absolute Gasteiger partial charge is 0.298 e. The van der Waals surface area contributed by atoms with Crippen molar-refractivity contribution in [2.45, 2.75) is 25.6 Å². The summed E-state index contributed by atoms with van der Waals surface area (Å²) in [5, 5.41) is 9.34. The van der Waals surface area contributed by atoms with Gasteiger partial charge in [0, 0.05) is 11.8 Å². The zero-order chi connectivity index (χ0) is 14.3. The van der Waals surface area contributed by atoms with Gasteiger partial charge in [0.25, 0.3) is 6.01 Å². The molecule has 0 radical (unpaired) electrons. The Kier molecular flexibility index (Phi) is 3.07. The molecule has 0 amide bonds. The number of aliphatic hydroxyl groups excluding tert-OH is 1. The highest BCUT2D eigenvalue weighted by atomic mass is 16.5. The van der Waals surface area contributed by atoms with E-state index in [2.05, 4.69) is 4.98 Å². The van der Waals surface area contributed by atoms with Gasteiger partial charge in [0.2, 0.25) is 0 Å². The number of aromatic nitrogens is 1. The second-order valence-electron chi connectivity index (χ2n) is 5.79. The van der Waals surface area contributed by atoms with E-state index in [0.717, 1.165) is 5.52 Å². The Morgan fingerprint density at radius 3 is 3.05 bits per heavy atom. The van der Waals surface area contributed by atoms with Gasteiger partial charge in [-0.1, -0.05) is 0 Å². The molecule has 2 aromatic rings. The van der Waals surface area contributed by atoms with Gasteiger partial charge in [0.1, 0.15) is 5.52 Å². The maximum Gasteiger partial charge on any atom is 0.298 e. The zero-order valence-electron chi connectivity index (χ0n) is 11.7. The van der Waals surface area contributed by atoms with E-state index in [9.17, 15) is 5.11 Å². The second-order valence-corrected chi connectivity index (χ2v) is 5.79. The van der Waals surface area contributed by atoms with Crippen LogP contribution in [0.15, 0.2) is 22.6 Å². The second kappa shape index (κ2) is 4.64. The van der Waals surface area contributed by atoms with Crippen molar-refractivity contribution in [3.05, 3.63) is 18.2 Å². The fourth-order valence-electron chi connectivity index (χ4n) is 2.60. The first-order chi connectivity index (χ1) is 9.47. The van der Waals surface area contributed by atoms with Gasteiger partial charge in [0.05, 0.1) is 31.4 Å². The van der Waals surface area contributed by atoms with Crippen molar-refractivity contribution in [1.29, 1.82) is 0 Å². The molecular weight excluding hydrogens is 258 g/mol. The van der Waals surface area contributed by atoms with E-state index in [1.807, 2.05) is 24.8 Å². The first-order valence-corrected chi connectivity index (χ1v) is 6.66. The average Bonchev–Trinajstić information content (AvgIpc) is 2.79. The molecule has 3 N–H and O–H groups in total. The highest BCUT2D eigenvalue weighted by Gasteiger charge is 2.35. The zero-order valence-corrected chi connectivity index (χ0v) is 11.7. The summed E-state index contributed by atoms with van der Waals surface area (Å²) >= 11 is 0. The molecule has 6 heteroatoms. The van der Waals surface area contributed by atoms with Crippen molar-refractivity contribution in [2.75, 3.05) is 30.3 Å². The fraction of sp³-hybridized carbons (Fsp3) is 0.500. The number of aliphatic hydroxyl groups is 1. The summed E-state index contributed by atoms with van der Waals surface area (Å²) in [6.45, 7) is 5.17. The number of anilines is 2. The van der Waals surface area contributed by atoms with E-state index in [0.29, 0.717) is 30.4 Å². The third-order valence-electron chi connectivity index (χ3n) is 3.36. The number of ether oxygens (including phenoxy) is 1. The van der Waals surface area contributed by atoms with Gasteiger partial charge in [-0.3, -0.25) is 0 Å². The molecule has 1 saturated heterocycles. The highest BCUT2D eigenvalue weighted by molar-refractivity contribution is 5.78. The molecule has 0 bridgehead atoms. The Hall–Kier alpha value is -1.79. The Labute approximate surface area is 117 Å². The molecule has 0 saturated carbocycles. The molecule has 1 aliphatic rings. The van der Waals surface area contributed by atoms with Crippen molar-refractivity contribution in [1.82, 2.24) is 4.98 Å². The highest BCUT2D eigenvalue weighted by Crippen LogP contribution is 2.28. The minimum absolute atomic E-state index is 0.0207. The van der Waals surface area contributed by atoms with E-state index in [1.165, 1.54) is 0 Å². The Balaban J connectivity index is 1.93. The monoisotopic (exact) mass is 277 g/mol. The lowest BCUT2D eigenvalue weighted by Crippen LogP contribution is -2.54. The molecule has 1 aliphatic heterocycles. The molecule has 1 atom stereocenters. The van der Waals surface area contributed by atoms with Gasteiger partial charge in [-0.15, -0.1) is 0 Å². The van der Waals surface area contributed by atoms with Gasteiger partial charge < -0.3 is 24.9 Å². The third-order valence-corrected chi connectivity index (χ3v) is 3.36. The van der Waals surface area contributed by atoms with Gasteiger partial charge in [-0.2, -0.15) is 4.98 Å². The first kappa shape index (κ1) is 13.2. The van der Waals surface area contributed by atoms with Crippen LogP contribution in [-0.4, -0.2) is 41.5 Å². The number of nitrogens with two attached hydrogens (primary N) is 1.